The monoisotopic (exact) mass is 367 g/mol. The fourth-order valence-corrected chi connectivity index (χ4v) is 2.44. The molecule has 3 aromatic heterocycles. The van der Waals surface area contributed by atoms with E-state index in [1.165, 1.54) is 6.20 Å². The Kier molecular flexibility index (Phi) is 5.60. The molecule has 0 aliphatic heterocycles. The molecule has 3 heterocycles. The van der Waals surface area contributed by atoms with Gasteiger partial charge in [-0.15, -0.1) is 0 Å². The van der Waals surface area contributed by atoms with Crippen LogP contribution in [0.5, 0.6) is 0 Å². The molecule has 9 heteroatoms. The van der Waals surface area contributed by atoms with Gasteiger partial charge in [0.05, 0.1) is 6.20 Å². The van der Waals surface area contributed by atoms with Gasteiger partial charge < -0.3 is 20.5 Å². The van der Waals surface area contributed by atoms with Gasteiger partial charge in [0, 0.05) is 25.4 Å². The molecule has 0 bridgehead atoms. The van der Waals surface area contributed by atoms with E-state index in [0.717, 1.165) is 11.4 Å². The first-order valence-corrected chi connectivity index (χ1v) is 8.50. The third kappa shape index (κ3) is 5.00. The Morgan fingerprint density at radius 2 is 1.89 bits per heavy atom. The second-order valence-corrected chi connectivity index (χ2v) is 6.01. The van der Waals surface area contributed by atoms with Crippen molar-refractivity contribution in [3.63, 3.8) is 0 Å². The van der Waals surface area contributed by atoms with Gasteiger partial charge in [-0.05, 0) is 38.5 Å². The van der Waals surface area contributed by atoms with Gasteiger partial charge in [-0.2, -0.15) is 0 Å². The number of anilines is 3. The normalized spacial score (nSPS) is 10.5. The van der Waals surface area contributed by atoms with E-state index in [4.69, 9.17) is 4.52 Å². The highest BCUT2D eigenvalue weighted by Gasteiger charge is 2.11. The highest BCUT2D eigenvalue weighted by Crippen LogP contribution is 2.16. The van der Waals surface area contributed by atoms with Gasteiger partial charge in [0.1, 0.15) is 34.6 Å². The van der Waals surface area contributed by atoms with E-state index in [-0.39, 0.29) is 5.91 Å². The van der Waals surface area contributed by atoms with Crippen molar-refractivity contribution in [3.05, 3.63) is 53.3 Å². The molecule has 0 saturated heterocycles. The summed E-state index contributed by atoms with van der Waals surface area (Å²) in [4.78, 5) is 25.0. The largest absolute Gasteiger partial charge is 0.368 e. The highest BCUT2D eigenvalue weighted by molar-refractivity contribution is 5.94. The molecular formula is C18H21N7O2. The van der Waals surface area contributed by atoms with Crippen molar-refractivity contribution in [1.29, 1.82) is 0 Å². The lowest BCUT2D eigenvalue weighted by Gasteiger charge is -2.10. The van der Waals surface area contributed by atoms with Crippen LogP contribution in [0, 0.1) is 20.8 Å². The summed E-state index contributed by atoms with van der Waals surface area (Å²) in [7, 11) is 0. The standard InChI is InChI=1S/C18H21N7O2/c1-11-4-5-19-15(8-11)25-17-9-16(23-13(3)24-17)20-6-7-21-18(26)14-10-22-27-12(14)2/h4-5,8-10H,6-7H2,1-3H3,(H,21,26)(H2,19,20,23,24,25). The molecule has 0 spiro atoms. The fraction of sp³-hybridized carbons (Fsp3) is 0.278. The quantitative estimate of drug-likeness (QED) is 0.545. The van der Waals surface area contributed by atoms with Gasteiger partial charge in [0.25, 0.3) is 5.91 Å². The number of pyridine rings is 1. The lowest BCUT2D eigenvalue weighted by Crippen LogP contribution is -2.29. The fourth-order valence-electron chi connectivity index (χ4n) is 2.44. The van der Waals surface area contributed by atoms with Crippen molar-refractivity contribution in [3.8, 4) is 0 Å². The molecule has 3 aromatic rings. The summed E-state index contributed by atoms with van der Waals surface area (Å²) in [6, 6.07) is 5.66. The van der Waals surface area contributed by atoms with Crippen molar-refractivity contribution in [2.45, 2.75) is 20.8 Å². The van der Waals surface area contributed by atoms with E-state index >= 15 is 0 Å². The summed E-state index contributed by atoms with van der Waals surface area (Å²) >= 11 is 0. The van der Waals surface area contributed by atoms with Crippen LogP contribution in [0.15, 0.2) is 35.1 Å². The van der Waals surface area contributed by atoms with Crippen molar-refractivity contribution < 1.29 is 9.32 Å². The first-order chi connectivity index (χ1) is 13.0. The number of amides is 1. The predicted octanol–water partition coefficient (Wildman–Crippen LogP) is 2.37. The number of aryl methyl sites for hydroxylation is 3. The molecule has 0 saturated carbocycles. The second-order valence-electron chi connectivity index (χ2n) is 6.01. The van der Waals surface area contributed by atoms with Crippen LogP contribution in [0.25, 0.3) is 0 Å². The molecule has 3 N–H and O–H groups in total. The lowest BCUT2D eigenvalue weighted by molar-refractivity contribution is 0.0953. The number of rotatable bonds is 7. The van der Waals surface area contributed by atoms with E-state index in [9.17, 15) is 4.79 Å². The number of hydrogen-bond acceptors (Lipinski definition) is 8. The van der Waals surface area contributed by atoms with E-state index in [1.807, 2.05) is 26.0 Å². The summed E-state index contributed by atoms with van der Waals surface area (Å²) < 4.78 is 4.89. The Hall–Kier alpha value is -3.49. The summed E-state index contributed by atoms with van der Waals surface area (Å²) in [5, 5.41) is 12.7. The maximum absolute atomic E-state index is 12.0. The molecule has 0 fully saturated rings. The van der Waals surface area contributed by atoms with Gasteiger partial charge in [-0.1, -0.05) is 5.16 Å². The van der Waals surface area contributed by atoms with E-state index in [1.54, 1.807) is 19.2 Å². The van der Waals surface area contributed by atoms with Gasteiger partial charge in [-0.3, -0.25) is 4.79 Å². The Balaban J connectivity index is 1.55. The Morgan fingerprint density at radius 3 is 2.63 bits per heavy atom. The zero-order chi connectivity index (χ0) is 19.2. The van der Waals surface area contributed by atoms with Crippen LogP contribution >= 0.6 is 0 Å². The summed E-state index contributed by atoms with van der Waals surface area (Å²) in [5.74, 6) is 2.92. The zero-order valence-electron chi connectivity index (χ0n) is 15.4. The van der Waals surface area contributed by atoms with E-state index in [2.05, 4.69) is 36.1 Å². The molecule has 0 aromatic carbocycles. The smallest absolute Gasteiger partial charge is 0.256 e. The predicted molar refractivity (Wildman–Crippen MR) is 101 cm³/mol. The van der Waals surface area contributed by atoms with Crippen molar-refractivity contribution in [2.75, 3.05) is 23.7 Å². The number of nitrogens with zero attached hydrogens (tertiary/aromatic N) is 4. The van der Waals surface area contributed by atoms with Gasteiger partial charge in [0.15, 0.2) is 0 Å². The average Bonchev–Trinajstić information content (AvgIpc) is 3.04. The third-order valence-electron chi connectivity index (χ3n) is 3.72. The number of carbonyl (C=O) groups excluding carboxylic acids is 1. The summed E-state index contributed by atoms with van der Waals surface area (Å²) in [5.41, 5.74) is 1.54. The van der Waals surface area contributed by atoms with Crippen LogP contribution < -0.4 is 16.0 Å². The summed E-state index contributed by atoms with van der Waals surface area (Å²) in [6.07, 6.45) is 3.15. The van der Waals surface area contributed by atoms with Crippen LogP contribution in [-0.4, -0.2) is 39.1 Å². The number of aromatic nitrogens is 4. The van der Waals surface area contributed by atoms with E-state index < -0.39 is 0 Å². The first-order valence-electron chi connectivity index (χ1n) is 8.50. The Bertz CT molecular complexity index is 939. The molecule has 27 heavy (non-hydrogen) atoms. The highest BCUT2D eigenvalue weighted by atomic mass is 16.5. The molecule has 140 valence electrons. The molecule has 0 unspecified atom stereocenters. The molecule has 1 amide bonds. The first kappa shape index (κ1) is 18.3. The molecule has 3 rings (SSSR count). The maximum Gasteiger partial charge on any atom is 0.256 e. The molecular weight excluding hydrogens is 346 g/mol. The number of nitrogens with one attached hydrogen (secondary N) is 3. The average molecular weight is 367 g/mol. The number of hydrogen-bond donors (Lipinski definition) is 3. The molecule has 0 atom stereocenters. The van der Waals surface area contributed by atoms with Crippen LogP contribution in [-0.2, 0) is 0 Å². The molecule has 9 nitrogen and oxygen atoms in total. The summed E-state index contributed by atoms with van der Waals surface area (Å²) in [6.45, 7) is 6.45. The van der Waals surface area contributed by atoms with Crippen molar-refractivity contribution in [1.82, 2.24) is 25.4 Å². The third-order valence-corrected chi connectivity index (χ3v) is 3.72. The SMILES string of the molecule is Cc1ccnc(Nc2cc(NCCNC(=O)c3cnoc3C)nc(C)n2)c1. The zero-order valence-corrected chi connectivity index (χ0v) is 15.4. The molecule has 0 aliphatic carbocycles. The minimum atomic E-state index is -0.220. The Labute approximate surface area is 156 Å². The van der Waals surface area contributed by atoms with Gasteiger partial charge >= 0.3 is 0 Å². The van der Waals surface area contributed by atoms with Crippen LogP contribution in [0.1, 0.15) is 27.5 Å². The van der Waals surface area contributed by atoms with E-state index in [0.29, 0.717) is 41.9 Å². The Morgan fingerprint density at radius 1 is 1.07 bits per heavy atom. The van der Waals surface area contributed by atoms with Crippen molar-refractivity contribution in [2.24, 2.45) is 0 Å². The molecule has 0 aliphatic rings. The van der Waals surface area contributed by atoms with Gasteiger partial charge in [-0.25, -0.2) is 15.0 Å². The lowest BCUT2D eigenvalue weighted by atomic mass is 10.2. The maximum atomic E-state index is 12.0. The minimum absolute atomic E-state index is 0.220. The topological polar surface area (TPSA) is 118 Å². The van der Waals surface area contributed by atoms with Crippen LogP contribution in [0.4, 0.5) is 17.5 Å². The van der Waals surface area contributed by atoms with Gasteiger partial charge in [0.2, 0.25) is 0 Å². The van der Waals surface area contributed by atoms with Crippen LogP contribution in [0.2, 0.25) is 0 Å². The second kappa shape index (κ2) is 8.26. The van der Waals surface area contributed by atoms with Crippen molar-refractivity contribution >= 4 is 23.4 Å². The molecule has 0 radical (unpaired) electrons. The minimum Gasteiger partial charge on any atom is -0.368 e. The number of carbonyl (C=O) groups is 1. The van der Waals surface area contributed by atoms with Crippen LogP contribution in [0.3, 0.4) is 0 Å².